The maximum atomic E-state index is 14.0. The maximum absolute atomic E-state index is 14.0. The van der Waals surface area contributed by atoms with Crippen molar-refractivity contribution in [3.8, 4) is 11.4 Å². The average molecular weight is 423 g/mol. The van der Waals surface area contributed by atoms with Gasteiger partial charge in [-0.25, -0.2) is 4.39 Å². The van der Waals surface area contributed by atoms with E-state index in [2.05, 4.69) is 18.4 Å². The van der Waals surface area contributed by atoms with Crippen molar-refractivity contribution in [2.24, 2.45) is 5.92 Å². The summed E-state index contributed by atoms with van der Waals surface area (Å²) in [6, 6.07) is 10.5. The first-order chi connectivity index (χ1) is 14.6. The number of carboxylic acid groups (broad SMARTS) is 1. The molecule has 162 valence electrons. The van der Waals surface area contributed by atoms with Crippen molar-refractivity contribution in [3.05, 3.63) is 59.0 Å². The molecule has 1 spiro atoms. The Hall–Kier alpha value is -2.86. The van der Waals surface area contributed by atoms with Gasteiger partial charge in [0.15, 0.2) is 0 Å². The van der Waals surface area contributed by atoms with Crippen LogP contribution in [0.2, 0.25) is 0 Å². The van der Waals surface area contributed by atoms with E-state index >= 15 is 0 Å². The molecule has 0 amide bonds. The van der Waals surface area contributed by atoms with Crippen LogP contribution in [0.4, 0.5) is 4.39 Å². The van der Waals surface area contributed by atoms with Crippen LogP contribution in [-0.2, 0) is 20.5 Å². The topological polar surface area (TPSA) is 71.7 Å². The number of phenolic OH excluding ortho intramolecular Hbond substituents is 1. The molecule has 2 N–H and O–H groups in total. The van der Waals surface area contributed by atoms with Crippen LogP contribution in [0.1, 0.15) is 49.9 Å². The number of benzene rings is 2. The van der Waals surface area contributed by atoms with Crippen LogP contribution in [-0.4, -0.2) is 27.4 Å². The van der Waals surface area contributed by atoms with Gasteiger partial charge in [0.05, 0.1) is 17.7 Å². The molecule has 0 unspecified atom stereocenters. The minimum Gasteiger partial charge on any atom is -0.507 e. The zero-order valence-electron chi connectivity index (χ0n) is 17.9. The zero-order valence-corrected chi connectivity index (χ0v) is 17.9. The van der Waals surface area contributed by atoms with Gasteiger partial charge in [-0.15, -0.1) is 0 Å². The van der Waals surface area contributed by atoms with Gasteiger partial charge in [-0.3, -0.25) is 4.79 Å². The fourth-order valence-corrected chi connectivity index (χ4v) is 5.49. The van der Waals surface area contributed by atoms with E-state index in [9.17, 15) is 19.4 Å². The van der Waals surface area contributed by atoms with E-state index in [1.165, 1.54) is 6.07 Å². The van der Waals surface area contributed by atoms with Crippen molar-refractivity contribution in [3.63, 3.8) is 0 Å². The Morgan fingerprint density at radius 1 is 1.26 bits per heavy atom. The average Bonchev–Trinajstić information content (AvgIpc) is 3.03. The quantitative estimate of drug-likeness (QED) is 0.610. The molecule has 31 heavy (non-hydrogen) atoms. The number of rotatable bonds is 3. The lowest BCUT2D eigenvalue weighted by Gasteiger charge is -2.53. The number of phenols is 1. The van der Waals surface area contributed by atoms with E-state index in [4.69, 9.17) is 4.74 Å². The Kier molecular flexibility index (Phi) is 4.25. The predicted molar refractivity (Wildman–Crippen MR) is 115 cm³/mol. The lowest BCUT2D eigenvalue weighted by atomic mass is 9.62. The molecule has 5 nitrogen and oxygen atoms in total. The second-order valence-electron chi connectivity index (χ2n) is 9.70. The molecule has 0 saturated heterocycles. The minimum atomic E-state index is -0.803. The summed E-state index contributed by atoms with van der Waals surface area (Å²) in [7, 11) is 0. The molecule has 1 aliphatic heterocycles. The number of carbonyl (C=O) groups is 1. The minimum absolute atomic E-state index is 0.0453. The van der Waals surface area contributed by atoms with E-state index in [0.717, 1.165) is 27.8 Å². The third kappa shape index (κ3) is 2.88. The lowest BCUT2D eigenvalue weighted by molar-refractivity contribution is -0.167. The summed E-state index contributed by atoms with van der Waals surface area (Å²) in [4.78, 5) is 11.2. The second kappa shape index (κ2) is 6.57. The molecule has 0 atom stereocenters. The molecule has 1 saturated carbocycles. The van der Waals surface area contributed by atoms with Gasteiger partial charge < -0.3 is 19.5 Å². The van der Waals surface area contributed by atoms with Gasteiger partial charge in [-0.1, -0.05) is 19.9 Å². The summed E-state index contributed by atoms with van der Waals surface area (Å²) in [5.41, 5.74) is 3.25. The first-order valence-electron chi connectivity index (χ1n) is 10.6. The Morgan fingerprint density at radius 2 is 2.00 bits per heavy atom. The van der Waals surface area contributed by atoms with E-state index in [-0.39, 0.29) is 29.3 Å². The molecule has 3 aromatic rings. The fraction of sp³-hybridized carbons (Fsp3) is 0.400. The van der Waals surface area contributed by atoms with E-state index < -0.39 is 11.6 Å². The van der Waals surface area contributed by atoms with Gasteiger partial charge in [0.25, 0.3) is 0 Å². The number of carboxylic acids is 1. The second-order valence-corrected chi connectivity index (χ2v) is 9.70. The third-order valence-corrected chi connectivity index (χ3v) is 6.88. The van der Waals surface area contributed by atoms with Crippen molar-refractivity contribution in [2.45, 2.75) is 51.0 Å². The molecule has 2 aliphatic rings. The summed E-state index contributed by atoms with van der Waals surface area (Å²) >= 11 is 0. The van der Waals surface area contributed by atoms with Crippen LogP contribution < -0.4 is 0 Å². The van der Waals surface area contributed by atoms with E-state index in [1.54, 1.807) is 19.1 Å². The number of hydrogen-bond donors (Lipinski definition) is 2. The van der Waals surface area contributed by atoms with Crippen LogP contribution in [0.3, 0.4) is 0 Å². The lowest BCUT2D eigenvalue weighted by Crippen LogP contribution is -2.51. The van der Waals surface area contributed by atoms with Gasteiger partial charge in [-0.2, -0.15) is 0 Å². The van der Waals surface area contributed by atoms with Crippen molar-refractivity contribution in [1.82, 2.24) is 4.57 Å². The molecular weight excluding hydrogens is 397 g/mol. The molecular formula is C25H26FNO4. The van der Waals surface area contributed by atoms with E-state index in [1.807, 2.05) is 18.2 Å². The number of hydrogen-bond acceptors (Lipinski definition) is 3. The van der Waals surface area contributed by atoms with Crippen molar-refractivity contribution < 1.29 is 24.1 Å². The number of nitrogens with zero attached hydrogens (tertiary/aromatic N) is 1. The predicted octanol–water partition coefficient (Wildman–Crippen LogP) is 5.17. The number of halogens is 1. The summed E-state index contributed by atoms with van der Waals surface area (Å²) in [6.45, 7) is 6.44. The Balaban J connectivity index is 1.80. The van der Waals surface area contributed by atoms with Crippen LogP contribution in [0.25, 0.3) is 16.6 Å². The molecule has 0 bridgehead atoms. The van der Waals surface area contributed by atoms with Crippen LogP contribution in [0.15, 0.2) is 36.4 Å². The summed E-state index contributed by atoms with van der Waals surface area (Å²) in [6.07, 6.45) is 1.34. The van der Waals surface area contributed by atoms with Gasteiger partial charge in [0.2, 0.25) is 0 Å². The summed E-state index contributed by atoms with van der Waals surface area (Å²) < 4.78 is 22.6. The molecule has 1 fully saturated rings. The largest absolute Gasteiger partial charge is 0.507 e. The third-order valence-electron chi connectivity index (χ3n) is 6.88. The first kappa shape index (κ1) is 20.1. The van der Waals surface area contributed by atoms with Crippen LogP contribution >= 0.6 is 0 Å². The van der Waals surface area contributed by atoms with Crippen molar-refractivity contribution in [1.29, 1.82) is 0 Å². The van der Waals surface area contributed by atoms with Crippen LogP contribution in [0.5, 0.6) is 5.75 Å². The van der Waals surface area contributed by atoms with Crippen LogP contribution in [0, 0.1) is 18.7 Å². The number of aliphatic carboxylic acids is 1. The highest BCUT2D eigenvalue weighted by Gasteiger charge is 2.55. The normalized spacial score (nSPS) is 24.2. The monoisotopic (exact) mass is 423 g/mol. The maximum Gasteiger partial charge on any atom is 0.303 e. The Bertz CT molecular complexity index is 1220. The molecule has 0 radical (unpaired) electrons. The molecule has 2 heterocycles. The molecule has 5 rings (SSSR count). The summed E-state index contributed by atoms with van der Waals surface area (Å²) in [5, 5.41) is 20.8. The highest BCUT2D eigenvalue weighted by molar-refractivity contribution is 5.94. The fourth-order valence-electron chi connectivity index (χ4n) is 5.49. The number of aryl methyl sites for hydroxylation is 1. The molecule has 1 aliphatic carbocycles. The number of fused-ring (bicyclic) bond motifs is 4. The van der Waals surface area contributed by atoms with Gasteiger partial charge in [-0.05, 0) is 61.6 Å². The Morgan fingerprint density at radius 3 is 2.68 bits per heavy atom. The van der Waals surface area contributed by atoms with E-state index in [0.29, 0.717) is 25.0 Å². The SMILES string of the molecule is Cc1cc(-n2c3c(c4c(O)cccc42)C2(CC(CC(=O)O)C2)OCC3(C)C)ccc1F. The van der Waals surface area contributed by atoms with Gasteiger partial charge >= 0.3 is 5.97 Å². The van der Waals surface area contributed by atoms with Gasteiger partial charge in [0, 0.05) is 34.2 Å². The molecule has 6 heteroatoms. The first-order valence-corrected chi connectivity index (χ1v) is 10.6. The van der Waals surface area contributed by atoms with Crippen molar-refractivity contribution in [2.75, 3.05) is 6.61 Å². The smallest absolute Gasteiger partial charge is 0.303 e. The Labute approximate surface area is 180 Å². The highest BCUT2D eigenvalue weighted by atomic mass is 19.1. The number of aromatic hydroxyl groups is 1. The standard InChI is InChI=1S/C25H26FNO4/c1-14-9-16(7-8-17(14)26)27-18-5-4-6-19(28)21(18)22-23(27)24(2,3)13-31-25(22)11-15(12-25)10-20(29)30/h4-9,15,28H,10-13H2,1-3H3,(H,29,30). The number of ether oxygens (including phenoxy) is 1. The molecule has 2 aromatic carbocycles. The highest BCUT2D eigenvalue weighted by Crippen LogP contribution is 2.59. The molecule has 1 aromatic heterocycles. The summed E-state index contributed by atoms with van der Waals surface area (Å²) in [5.74, 6) is -0.840. The van der Waals surface area contributed by atoms with Gasteiger partial charge in [0.1, 0.15) is 11.6 Å². The number of aromatic nitrogens is 1. The van der Waals surface area contributed by atoms with Crippen molar-refractivity contribution >= 4 is 16.9 Å². The zero-order chi connectivity index (χ0) is 22.1.